The molecule has 3 aliphatic heterocycles. The molecule has 0 saturated carbocycles. The van der Waals surface area contributed by atoms with Crippen LogP contribution < -0.4 is 0 Å². The number of aryl methyl sites for hydroxylation is 1. The molecule has 7 heteroatoms. The normalized spacial score (nSPS) is 23.6. The molecule has 4 heterocycles. The van der Waals surface area contributed by atoms with Crippen molar-refractivity contribution < 1.29 is 14.0 Å². The molecule has 2 atom stereocenters. The fourth-order valence-electron chi connectivity index (χ4n) is 6.06. The number of thiophene rings is 1. The van der Waals surface area contributed by atoms with E-state index in [0.717, 1.165) is 61.2 Å². The SMILES string of the molecule is CC1=CC(C)=NC(=O)C1CN1CCCc2sc([C@H](C)C3CCN(CC(C)(C)F)CC3)c(C)c2C1=O. The maximum Gasteiger partial charge on any atom is 0.255 e. The number of nitrogens with zero attached hydrogens (tertiary/aromatic N) is 3. The zero-order chi connectivity index (χ0) is 25.5. The third-order valence-corrected chi connectivity index (χ3v) is 9.47. The number of carbonyl (C=O) groups excluding carboxylic acids is 2. The van der Waals surface area contributed by atoms with Crippen LogP contribution in [0.1, 0.15) is 85.5 Å². The van der Waals surface area contributed by atoms with E-state index in [1.807, 2.05) is 36.2 Å². The summed E-state index contributed by atoms with van der Waals surface area (Å²) < 4.78 is 14.1. The summed E-state index contributed by atoms with van der Waals surface area (Å²) in [5, 5.41) is 0. The minimum absolute atomic E-state index is 0.0663. The summed E-state index contributed by atoms with van der Waals surface area (Å²) in [4.78, 5) is 37.1. The molecule has 0 bridgehead atoms. The van der Waals surface area contributed by atoms with Crippen molar-refractivity contribution in [2.75, 3.05) is 32.7 Å². The molecule has 0 aliphatic carbocycles. The van der Waals surface area contributed by atoms with E-state index in [1.54, 1.807) is 13.8 Å². The highest BCUT2D eigenvalue weighted by Crippen LogP contribution is 2.42. The van der Waals surface area contributed by atoms with Gasteiger partial charge in [0, 0.05) is 35.1 Å². The van der Waals surface area contributed by atoms with Crippen LogP contribution in [0.15, 0.2) is 16.6 Å². The molecule has 35 heavy (non-hydrogen) atoms. The van der Waals surface area contributed by atoms with Crippen molar-refractivity contribution in [3.8, 4) is 0 Å². The standard InChI is InChI=1S/C28H40FN3O2S/c1-17-14-18(2)30-26(33)22(17)15-32-11-7-8-23-24(27(32)34)20(4)25(35-23)19(3)21-9-12-31(13-10-21)16-28(5,6)29/h14,19,21-22H,7-13,15-16H2,1-6H3/t19-,22?/m1/s1. The second kappa shape index (κ2) is 10.3. The van der Waals surface area contributed by atoms with Gasteiger partial charge in [0.05, 0.1) is 11.5 Å². The van der Waals surface area contributed by atoms with Crippen LogP contribution in [0.5, 0.6) is 0 Å². The van der Waals surface area contributed by atoms with E-state index in [1.165, 1.54) is 9.75 Å². The van der Waals surface area contributed by atoms with E-state index in [2.05, 4.69) is 23.7 Å². The van der Waals surface area contributed by atoms with E-state index >= 15 is 0 Å². The van der Waals surface area contributed by atoms with Gasteiger partial charge in [-0.1, -0.05) is 12.5 Å². The Hall–Kier alpha value is -1.86. The predicted molar refractivity (Wildman–Crippen MR) is 141 cm³/mol. The molecule has 0 N–H and O–H groups in total. The molecule has 1 unspecified atom stereocenters. The molecule has 1 fully saturated rings. The first-order valence-electron chi connectivity index (χ1n) is 13.0. The Kier molecular flexibility index (Phi) is 7.68. The van der Waals surface area contributed by atoms with Gasteiger partial charge < -0.3 is 9.80 Å². The Morgan fingerprint density at radius 2 is 1.86 bits per heavy atom. The van der Waals surface area contributed by atoms with Gasteiger partial charge in [-0.15, -0.1) is 11.3 Å². The van der Waals surface area contributed by atoms with Crippen molar-refractivity contribution in [2.24, 2.45) is 16.8 Å². The van der Waals surface area contributed by atoms with Crippen LogP contribution in [-0.2, 0) is 11.2 Å². The molecule has 1 saturated heterocycles. The van der Waals surface area contributed by atoms with Crippen molar-refractivity contribution in [2.45, 2.75) is 78.8 Å². The van der Waals surface area contributed by atoms with Gasteiger partial charge in [-0.3, -0.25) is 9.59 Å². The van der Waals surface area contributed by atoms with Gasteiger partial charge in [-0.25, -0.2) is 9.38 Å². The zero-order valence-corrected chi connectivity index (χ0v) is 22.9. The highest BCUT2D eigenvalue weighted by molar-refractivity contribution is 7.12. The summed E-state index contributed by atoms with van der Waals surface area (Å²) in [5.74, 6) is 0.516. The molecule has 1 aromatic heterocycles. The van der Waals surface area contributed by atoms with Crippen molar-refractivity contribution in [1.29, 1.82) is 0 Å². The fraction of sp³-hybridized carbons (Fsp3) is 0.679. The summed E-state index contributed by atoms with van der Waals surface area (Å²) in [6.07, 6.45) is 5.90. The van der Waals surface area contributed by atoms with Crippen LogP contribution in [0.2, 0.25) is 0 Å². The molecule has 0 spiro atoms. The summed E-state index contributed by atoms with van der Waals surface area (Å²) >= 11 is 1.82. The third kappa shape index (κ3) is 5.77. The number of amides is 2. The molecular formula is C28H40FN3O2S. The maximum absolute atomic E-state index is 14.1. The van der Waals surface area contributed by atoms with E-state index in [9.17, 15) is 14.0 Å². The average molecular weight is 502 g/mol. The molecule has 0 radical (unpaired) electrons. The molecule has 5 nitrogen and oxygen atoms in total. The van der Waals surface area contributed by atoms with Crippen LogP contribution >= 0.6 is 11.3 Å². The van der Waals surface area contributed by atoms with E-state index < -0.39 is 5.67 Å². The summed E-state index contributed by atoms with van der Waals surface area (Å²) in [5.41, 5.74) is 2.56. The molecular weight excluding hydrogens is 461 g/mol. The van der Waals surface area contributed by atoms with Crippen LogP contribution in [0, 0.1) is 18.8 Å². The van der Waals surface area contributed by atoms with Crippen LogP contribution in [-0.4, -0.2) is 65.7 Å². The highest BCUT2D eigenvalue weighted by atomic mass is 32.1. The van der Waals surface area contributed by atoms with Crippen molar-refractivity contribution >= 4 is 28.9 Å². The van der Waals surface area contributed by atoms with Crippen LogP contribution in [0.25, 0.3) is 0 Å². The number of aliphatic imine (C=N–C) groups is 1. The smallest absolute Gasteiger partial charge is 0.255 e. The number of fused-ring (bicyclic) bond motifs is 1. The lowest BCUT2D eigenvalue weighted by Gasteiger charge is -2.36. The van der Waals surface area contributed by atoms with Gasteiger partial charge in [0.1, 0.15) is 5.67 Å². The van der Waals surface area contributed by atoms with E-state index in [0.29, 0.717) is 31.5 Å². The molecule has 1 aromatic rings. The Bertz CT molecular complexity index is 1040. The number of hydrogen-bond donors (Lipinski definition) is 0. The van der Waals surface area contributed by atoms with Crippen LogP contribution in [0.3, 0.4) is 0 Å². The number of rotatable bonds is 6. The predicted octanol–water partition coefficient (Wildman–Crippen LogP) is 5.57. The Morgan fingerprint density at radius 1 is 1.17 bits per heavy atom. The first kappa shape index (κ1) is 26.2. The molecule has 192 valence electrons. The zero-order valence-electron chi connectivity index (χ0n) is 22.1. The van der Waals surface area contributed by atoms with Crippen LogP contribution in [0.4, 0.5) is 4.39 Å². The van der Waals surface area contributed by atoms with Crippen molar-refractivity contribution in [3.05, 3.63) is 32.5 Å². The minimum atomic E-state index is -1.16. The molecule has 0 aromatic carbocycles. The Balaban J connectivity index is 1.48. The fourth-order valence-corrected chi connectivity index (χ4v) is 7.54. The Morgan fingerprint density at radius 3 is 2.49 bits per heavy atom. The molecule has 4 rings (SSSR count). The average Bonchev–Trinajstić information content (AvgIpc) is 3.00. The number of hydrogen-bond acceptors (Lipinski definition) is 4. The maximum atomic E-state index is 14.1. The first-order valence-corrected chi connectivity index (χ1v) is 13.9. The molecule has 2 amide bonds. The summed E-state index contributed by atoms with van der Waals surface area (Å²) in [7, 11) is 0. The second-order valence-corrected chi connectivity index (χ2v) is 12.5. The van der Waals surface area contributed by atoms with Gasteiger partial charge in [0.15, 0.2) is 0 Å². The minimum Gasteiger partial charge on any atom is -0.337 e. The topological polar surface area (TPSA) is 53.0 Å². The number of piperidine rings is 1. The number of likely N-dealkylation sites (tertiary alicyclic amines) is 1. The third-order valence-electron chi connectivity index (χ3n) is 7.92. The van der Waals surface area contributed by atoms with Crippen molar-refractivity contribution in [1.82, 2.24) is 9.80 Å². The molecule has 3 aliphatic rings. The van der Waals surface area contributed by atoms with Gasteiger partial charge >= 0.3 is 0 Å². The highest BCUT2D eigenvalue weighted by Gasteiger charge is 2.35. The lowest BCUT2D eigenvalue weighted by atomic mass is 9.83. The second-order valence-electron chi connectivity index (χ2n) is 11.4. The van der Waals surface area contributed by atoms with E-state index in [4.69, 9.17) is 0 Å². The first-order chi connectivity index (χ1) is 16.4. The lowest BCUT2D eigenvalue weighted by molar-refractivity contribution is -0.120. The van der Waals surface area contributed by atoms with Gasteiger partial charge in [0.25, 0.3) is 11.8 Å². The summed E-state index contributed by atoms with van der Waals surface area (Å²) in [6.45, 7) is 14.9. The number of alkyl halides is 1. The Labute approximate surface area is 213 Å². The largest absolute Gasteiger partial charge is 0.337 e. The number of carbonyl (C=O) groups is 2. The van der Waals surface area contributed by atoms with Gasteiger partial charge in [-0.05, 0) is 96.9 Å². The number of dihydropyridines is 1. The van der Waals surface area contributed by atoms with Gasteiger partial charge in [0.2, 0.25) is 0 Å². The van der Waals surface area contributed by atoms with Crippen molar-refractivity contribution in [3.63, 3.8) is 0 Å². The number of halogens is 1. The van der Waals surface area contributed by atoms with Gasteiger partial charge in [-0.2, -0.15) is 0 Å². The van der Waals surface area contributed by atoms with E-state index in [-0.39, 0.29) is 17.7 Å². The quantitative estimate of drug-likeness (QED) is 0.512. The number of allylic oxidation sites excluding steroid dienone is 1. The lowest BCUT2D eigenvalue weighted by Crippen LogP contribution is -2.41. The summed E-state index contributed by atoms with van der Waals surface area (Å²) in [6, 6.07) is 0. The monoisotopic (exact) mass is 501 g/mol.